The van der Waals surface area contributed by atoms with Crippen molar-refractivity contribution >= 4 is 17.4 Å². The Morgan fingerprint density at radius 2 is 2.20 bits per heavy atom. The molecular weight excluding hydrogens is 212 g/mol. The van der Waals surface area contributed by atoms with Gasteiger partial charge in [0.1, 0.15) is 5.82 Å². The number of rotatable bonds is 4. The zero-order valence-corrected chi connectivity index (χ0v) is 10.1. The van der Waals surface area contributed by atoms with Gasteiger partial charge in [-0.3, -0.25) is 0 Å². The fourth-order valence-electron chi connectivity index (χ4n) is 1.23. The van der Waals surface area contributed by atoms with Gasteiger partial charge in [0, 0.05) is 13.3 Å². The second-order valence-electron chi connectivity index (χ2n) is 4.16. The largest absolute Gasteiger partial charge is 0.383 e. The molecule has 0 amide bonds. The van der Waals surface area contributed by atoms with Gasteiger partial charge in [-0.05, 0) is 38.3 Å². The van der Waals surface area contributed by atoms with Crippen molar-refractivity contribution < 1.29 is 4.74 Å². The number of anilines is 1. The summed E-state index contributed by atoms with van der Waals surface area (Å²) in [5.41, 5.74) is 6.58. The van der Waals surface area contributed by atoms with E-state index in [0.717, 1.165) is 18.4 Å². The lowest BCUT2D eigenvalue weighted by Gasteiger charge is -2.22. The molecule has 0 aliphatic rings. The maximum atomic E-state index is 5.85. The Labute approximate surface area is 95.6 Å². The van der Waals surface area contributed by atoms with Crippen LogP contribution in [0, 0.1) is 0 Å². The van der Waals surface area contributed by atoms with E-state index in [1.807, 2.05) is 19.9 Å². The van der Waals surface area contributed by atoms with Crippen molar-refractivity contribution in [1.82, 2.24) is 4.98 Å². The van der Waals surface area contributed by atoms with Crippen LogP contribution in [0.2, 0.25) is 5.02 Å². The number of nitrogen functional groups attached to an aromatic ring is 1. The third-order valence-electron chi connectivity index (χ3n) is 2.52. The second-order valence-corrected chi connectivity index (χ2v) is 4.60. The summed E-state index contributed by atoms with van der Waals surface area (Å²) in [5, 5.41) is 0.620. The molecule has 0 unspecified atom stereocenters. The number of pyridine rings is 1. The molecule has 0 aliphatic carbocycles. The molecule has 0 bridgehead atoms. The second kappa shape index (κ2) is 4.81. The summed E-state index contributed by atoms with van der Waals surface area (Å²) in [5.74, 6) is 0.548. The van der Waals surface area contributed by atoms with Crippen molar-refractivity contribution in [2.75, 3.05) is 12.8 Å². The Balaban J connectivity index is 2.69. The van der Waals surface area contributed by atoms with E-state index in [9.17, 15) is 0 Å². The highest BCUT2D eigenvalue weighted by molar-refractivity contribution is 6.30. The number of ether oxygens (including phenoxy) is 1. The number of aromatic nitrogens is 1. The van der Waals surface area contributed by atoms with Crippen LogP contribution in [-0.2, 0) is 11.2 Å². The van der Waals surface area contributed by atoms with Gasteiger partial charge in [0.15, 0.2) is 0 Å². The third kappa shape index (κ3) is 3.68. The summed E-state index contributed by atoms with van der Waals surface area (Å²) in [6.07, 6.45) is 3.26. The summed E-state index contributed by atoms with van der Waals surface area (Å²) >= 11 is 5.85. The molecule has 3 nitrogen and oxygen atoms in total. The molecule has 4 heteroatoms. The van der Waals surface area contributed by atoms with Crippen molar-refractivity contribution in [3.63, 3.8) is 0 Å². The minimum atomic E-state index is -0.144. The Morgan fingerprint density at radius 1 is 1.53 bits per heavy atom. The average molecular weight is 229 g/mol. The summed E-state index contributed by atoms with van der Waals surface area (Å²) in [6.45, 7) is 4.09. The lowest BCUT2D eigenvalue weighted by atomic mass is 9.99. The van der Waals surface area contributed by atoms with Crippen molar-refractivity contribution in [2.24, 2.45) is 0 Å². The van der Waals surface area contributed by atoms with Crippen LogP contribution in [0.5, 0.6) is 0 Å². The maximum Gasteiger partial charge on any atom is 0.126 e. The highest BCUT2D eigenvalue weighted by Gasteiger charge is 2.16. The van der Waals surface area contributed by atoms with Crippen LogP contribution >= 0.6 is 11.6 Å². The number of halogens is 1. The van der Waals surface area contributed by atoms with E-state index in [0.29, 0.717) is 10.8 Å². The monoisotopic (exact) mass is 228 g/mol. The van der Waals surface area contributed by atoms with Gasteiger partial charge in [0.2, 0.25) is 0 Å². The molecule has 1 heterocycles. The Hall–Kier alpha value is -0.800. The molecule has 2 N–H and O–H groups in total. The summed E-state index contributed by atoms with van der Waals surface area (Å²) in [4.78, 5) is 4.01. The van der Waals surface area contributed by atoms with Gasteiger partial charge >= 0.3 is 0 Å². The predicted molar refractivity (Wildman–Crippen MR) is 63.1 cm³/mol. The first-order chi connectivity index (χ1) is 6.94. The van der Waals surface area contributed by atoms with Gasteiger partial charge in [-0.15, -0.1) is 0 Å². The van der Waals surface area contributed by atoms with Crippen LogP contribution in [0.4, 0.5) is 5.82 Å². The topological polar surface area (TPSA) is 48.1 Å². The van der Waals surface area contributed by atoms with Crippen LogP contribution in [0.1, 0.15) is 25.8 Å². The Kier molecular flexibility index (Phi) is 3.94. The van der Waals surface area contributed by atoms with E-state index < -0.39 is 0 Å². The van der Waals surface area contributed by atoms with Gasteiger partial charge in [0.05, 0.1) is 10.6 Å². The molecule has 0 spiro atoms. The summed E-state index contributed by atoms with van der Waals surface area (Å²) < 4.78 is 5.34. The van der Waals surface area contributed by atoms with Gasteiger partial charge in [0.25, 0.3) is 0 Å². The first-order valence-corrected chi connectivity index (χ1v) is 5.27. The Bertz CT molecular complexity index is 339. The molecule has 1 rings (SSSR count). The Morgan fingerprint density at radius 3 is 2.80 bits per heavy atom. The van der Waals surface area contributed by atoms with E-state index >= 15 is 0 Å². The molecule has 84 valence electrons. The predicted octanol–water partition coefficient (Wildman–Crippen LogP) is 2.67. The molecule has 1 aromatic heterocycles. The van der Waals surface area contributed by atoms with Crippen molar-refractivity contribution in [3.8, 4) is 0 Å². The fraction of sp³-hybridized carbons (Fsp3) is 0.545. The van der Waals surface area contributed by atoms with Crippen molar-refractivity contribution in [3.05, 3.63) is 22.8 Å². The molecule has 0 radical (unpaired) electrons. The summed E-state index contributed by atoms with van der Waals surface area (Å²) in [6, 6.07) is 1.86. The average Bonchev–Trinajstić information content (AvgIpc) is 2.20. The minimum absolute atomic E-state index is 0.144. The van der Waals surface area contributed by atoms with Gasteiger partial charge in [-0.1, -0.05) is 11.6 Å². The first kappa shape index (κ1) is 12.3. The number of methoxy groups -OCH3 is 1. The van der Waals surface area contributed by atoms with E-state index in [2.05, 4.69) is 4.98 Å². The van der Waals surface area contributed by atoms with E-state index in [-0.39, 0.29) is 5.60 Å². The zero-order chi connectivity index (χ0) is 11.5. The standard InChI is InChI=1S/C11H17ClN2O/c1-11(2,15-3)5-4-8-6-9(12)7-14-10(8)13/h6-7H,4-5H2,1-3H3,(H2,13,14). The number of nitrogens with two attached hydrogens (primary N) is 1. The van der Waals surface area contributed by atoms with Gasteiger partial charge < -0.3 is 10.5 Å². The van der Waals surface area contributed by atoms with Crippen LogP contribution in [0.25, 0.3) is 0 Å². The quantitative estimate of drug-likeness (QED) is 0.862. The van der Waals surface area contributed by atoms with E-state index in [1.54, 1.807) is 13.3 Å². The van der Waals surface area contributed by atoms with Crippen LogP contribution in [-0.4, -0.2) is 17.7 Å². The van der Waals surface area contributed by atoms with E-state index in [4.69, 9.17) is 22.1 Å². The zero-order valence-electron chi connectivity index (χ0n) is 9.38. The number of hydrogen-bond acceptors (Lipinski definition) is 3. The summed E-state index contributed by atoms with van der Waals surface area (Å²) in [7, 11) is 1.71. The smallest absolute Gasteiger partial charge is 0.126 e. The fourth-order valence-corrected chi connectivity index (χ4v) is 1.41. The maximum absolute atomic E-state index is 5.85. The van der Waals surface area contributed by atoms with E-state index in [1.165, 1.54) is 0 Å². The number of hydrogen-bond donors (Lipinski definition) is 1. The molecule has 0 aliphatic heterocycles. The number of nitrogens with zero attached hydrogens (tertiary/aromatic N) is 1. The lowest BCUT2D eigenvalue weighted by molar-refractivity contribution is 0.0158. The highest BCUT2D eigenvalue weighted by Crippen LogP contribution is 2.21. The third-order valence-corrected chi connectivity index (χ3v) is 2.72. The lowest BCUT2D eigenvalue weighted by Crippen LogP contribution is -2.23. The molecule has 1 aromatic rings. The SMILES string of the molecule is COC(C)(C)CCc1cc(Cl)cnc1N. The molecule has 0 atom stereocenters. The molecule has 15 heavy (non-hydrogen) atoms. The van der Waals surface area contributed by atoms with Gasteiger partial charge in [-0.2, -0.15) is 0 Å². The molecule has 0 saturated carbocycles. The molecule has 0 saturated heterocycles. The highest BCUT2D eigenvalue weighted by atomic mass is 35.5. The molecule has 0 fully saturated rings. The van der Waals surface area contributed by atoms with Crippen LogP contribution in [0.15, 0.2) is 12.3 Å². The van der Waals surface area contributed by atoms with Gasteiger partial charge in [-0.25, -0.2) is 4.98 Å². The minimum Gasteiger partial charge on any atom is -0.383 e. The van der Waals surface area contributed by atoms with Crippen molar-refractivity contribution in [1.29, 1.82) is 0 Å². The van der Waals surface area contributed by atoms with Crippen LogP contribution in [0.3, 0.4) is 0 Å². The van der Waals surface area contributed by atoms with Crippen LogP contribution < -0.4 is 5.73 Å². The number of aryl methyl sites for hydroxylation is 1. The molecule has 0 aromatic carbocycles. The normalized spacial score (nSPS) is 11.7. The first-order valence-electron chi connectivity index (χ1n) is 4.89. The molecular formula is C11H17ClN2O. The van der Waals surface area contributed by atoms with Crippen molar-refractivity contribution in [2.45, 2.75) is 32.3 Å².